The largest absolute Gasteiger partial charge is 0.505 e. The highest BCUT2D eigenvalue weighted by Gasteiger charge is 2.28. The predicted octanol–water partition coefficient (Wildman–Crippen LogP) is 4.61. The van der Waals surface area contributed by atoms with E-state index in [0.29, 0.717) is 25.9 Å². The Morgan fingerprint density at radius 3 is 2.32 bits per heavy atom. The van der Waals surface area contributed by atoms with Crippen LogP contribution in [0.5, 0.6) is 5.75 Å². The van der Waals surface area contributed by atoms with Gasteiger partial charge in [-0.15, -0.1) is 0 Å². The van der Waals surface area contributed by atoms with Gasteiger partial charge in [0.05, 0.1) is 0 Å². The number of halogens is 1. The third-order valence-electron chi connectivity index (χ3n) is 5.40. The van der Waals surface area contributed by atoms with Crippen molar-refractivity contribution in [2.24, 2.45) is 5.92 Å². The Morgan fingerprint density at radius 2 is 1.71 bits per heavy atom. The summed E-state index contributed by atoms with van der Waals surface area (Å²) in [5, 5.41) is 9.47. The fourth-order valence-electron chi connectivity index (χ4n) is 3.63. The van der Waals surface area contributed by atoms with E-state index in [1.807, 2.05) is 24.3 Å². The number of benzene rings is 2. The summed E-state index contributed by atoms with van der Waals surface area (Å²) in [6, 6.07) is 11.5. The Morgan fingerprint density at radius 1 is 1.07 bits per heavy atom. The number of likely N-dealkylation sites (tertiary alicyclic amines) is 1. The Hall–Kier alpha value is -2.69. The van der Waals surface area contributed by atoms with Crippen LogP contribution >= 0.6 is 0 Å². The van der Waals surface area contributed by atoms with Gasteiger partial charge in [-0.2, -0.15) is 0 Å². The summed E-state index contributed by atoms with van der Waals surface area (Å²) in [5.74, 6) is -1.48. The molecule has 0 saturated carbocycles. The van der Waals surface area contributed by atoms with Crippen molar-refractivity contribution in [1.29, 1.82) is 0 Å². The number of hydrogen-bond donors (Lipinski definition) is 1. The summed E-state index contributed by atoms with van der Waals surface area (Å²) in [7, 11) is 0. The molecule has 1 aliphatic rings. The molecule has 1 N–H and O–H groups in total. The lowest BCUT2D eigenvalue weighted by Crippen LogP contribution is -2.40. The smallest absolute Gasteiger partial charge is 0.253 e. The molecule has 28 heavy (non-hydrogen) atoms. The van der Waals surface area contributed by atoms with Gasteiger partial charge >= 0.3 is 0 Å². The Bertz CT molecular complexity index is 839. The van der Waals surface area contributed by atoms with E-state index >= 15 is 0 Å². The maximum absolute atomic E-state index is 13.2. The molecule has 2 aromatic rings. The van der Waals surface area contributed by atoms with Crippen LogP contribution in [-0.2, 0) is 6.42 Å². The molecule has 1 amide bonds. The summed E-state index contributed by atoms with van der Waals surface area (Å²) in [5.41, 5.74) is 2.24. The number of ketones is 1. The molecule has 1 fully saturated rings. The van der Waals surface area contributed by atoms with Gasteiger partial charge in [-0.05, 0) is 49.4 Å². The van der Waals surface area contributed by atoms with Crippen LogP contribution < -0.4 is 0 Å². The van der Waals surface area contributed by atoms with E-state index in [-0.39, 0.29) is 23.2 Å². The molecule has 3 rings (SSSR count). The summed E-state index contributed by atoms with van der Waals surface area (Å²) in [6.45, 7) is 3.11. The molecule has 2 aromatic carbocycles. The first-order valence-electron chi connectivity index (χ1n) is 9.90. The molecular formula is C23H26FNO3. The first-order valence-corrected chi connectivity index (χ1v) is 9.90. The second kappa shape index (κ2) is 9.00. The SMILES string of the molecule is CCCCc1ccc(C(=O)C2CCN(C(=O)c3ccc(F)c(O)c3)CC2)cc1. The van der Waals surface area contributed by atoms with E-state index in [0.717, 1.165) is 37.0 Å². The molecule has 0 radical (unpaired) electrons. The number of phenols is 1. The van der Waals surface area contributed by atoms with Gasteiger partial charge in [0.2, 0.25) is 0 Å². The highest BCUT2D eigenvalue weighted by atomic mass is 19.1. The number of carbonyl (C=O) groups excluding carboxylic acids is 2. The molecule has 1 heterocycles. The highest BCUT2D eigenvalue weighted by molar-refractivity contribution is 5.98. The maximum Gasteiger partial charge on any atom is 0.253 e. The van der Waals surface area contributed by atoms with Crippen LogP contribution in [0, 0.1) is 11.7 Å². The molecule has 0 bridgehead atoms. The minimum absolute atomic E-state index is 0.0906. The second-order valence-corrected chi connectivity index (χ2v) is 7.40. The quantitative estimate of drug-likeness (QED) is 0.741. The van der Waals surface area contributed by atoms with Gasteiger partial charge in [0.15, 0.2) is 17.3 Å². The van der Waals surface area contributed by atoms with Crippen molar-refractivity contribution in [2.45, 2.75) is 39.0 Å². The number of phenolic OH excluding ortho intramolecular Hbond substituents is 1. The first-order chi connectivity index (χ1) is 13.5. The van der Waals surface area contributed by atoms with Crippen molar-refractivity contribution in [3.8, 4) is 5.75 Å². The van der Waals surface area contributed by atoms with Gasteiger partial charge < -0.3 is 10.0 Å². The zero-order valence-corrected chi connectivity index (χ0v) is 16.2. The minimum atomic E-state index is -0.749. The van der Waals surface area contributed by atoms with E-state index in [4.69, 9.17) is 0 Å². The number of amides is 1. The van der Waals surface area contributed by atoms with E-state index in [1.165, 1.54) is 11.6 Å². The summed E-state index contributed by atoms with van der Waals surface area (Å²) in [4.78, 5) is 27.0. The van der Waals surface area contributed by atoms with Gasteiger partial charge in [-0.25, -0.2) is 4.39 Å². The van der Waals surface area contributed by atoms with Crippen molar-refractivity contribution in [3.63, 3.8) is 0 Å². The molecule has 1 saturated heterocycles. The molecule has 0 unspecified atom stereocenters. The van der Waals surface area contributed by atoms with Gasteiger partial charge in [0.25, 0.3) is 5.91 Å². The van der Waals surface area contributed by atoms with Crippen molar-refractivity contribution >= 4 is 11.7 Å². The lowest BCUT2D eigenvalue weighted by molar-refractivity contribution is 0.0650. The van der Waals surface area contributed by atoms with Gasteiger partial charge in [0, 0.05) is 30.1 Å². The zero-order chi connectivity index (χ0) is 20.1. The molecule has 1 aliphatic heterocycles. The van der Waals surface area contributed by atoms with E-state index in [2.05, 4.69) is 6.92 Å². The lowest BCUT2D eigenvalue weighted by Gasteiger charge is -2.31. The first kappa shape index (κ1) is 20.1. The van der Waals surface area contributed by atoms with Crippen LogP contribution in [-0.4, -0.2) is 34.8 Å². The highest BCUT2D eigenvalue weighted by Crippen LogP contribution is 2.25. The number of hydrogen-bond acceptors (Lipinski definition) is 3. The number of nitrogens with zero attached hydrogens (tertiary/aromatic N) is 1. The third-order valence-corrected chi connectivity index (χ3v) is 5.40. The minimum Gasteiger partial charge on any atom is -0.505 e. The number of aromatic hydroxyl groups is 1. The topological polar surface area (TPSA) is 57.6 Å². The number of carbonyl (C=O) groups is 2. The number of aryl methyl sites for hydroxylation is 1. The van der Waals surface area contributed by atoms with Gasteiger partial charge in [-0.3, -0.25) is 9.59 Å². The molecule has 0 aliphatic carbocycles. The molecule has 0 spiro atoms. The van der Waals surface area contributed by atoms with Gasteiger partial charge in [-0.1, -0.05) is 37.6 Å². The van der Waals surface area contributed by atoms with E-state index in [9.17, 15) is 19.1 Å². The summed E-state index contributed by atoms with van der Waals surface area (Å²) < 4.78 is 13.2. The van der Waals surface area contributed by atoms with Crippen LogP contribution in [0.1, 0.15) is 58.9 Å². The summed E-state index contributed by atoms with van der Waals surface area (Å²) >= 11 is 0. The van der Waals surface area contributed by atoms with Crippen molar-refractivity contribution in [2.75, 3.05) is 13.1 Å². The molecule has 148 valence electrons. The predicted molar refractivity (Wildman–Crippen MR) is 106 cm³/mol. The van der Waals surface area contributed by atoms with Crippen molar-refractivity contribution < 1.29 is 19.1 Å². The lowest BCUT2D eigenvalue weighted by atomic mass is 9.88. The third kappa shape index (κ3) is 4.58. The van der Waals surface area contributed by atoms with E-state index < -0.39 is 11.6 Å². The second-order valence-electron chi connectivity index (χ2n) is 7.40. The van der Waals surface area contributed by atoms with Crippen molar-refractivity contribution in [3.05, 3.63) is 65.0 Å². The number of piperidine rings is 1. The fourth-order valence-corrected chi connectivity index (χ4v) is 3.63. The average Bonchev–Trinajstić information content (AvgIpc) is 2.73. The normalized spacial score (nSPS) is 14.9. The summed E-state index contributed by atoms with van der Waals surface area (Å²) in [6.07, 6.45) is 4.54. The van der Waals surface area contributed by atoms with E-state index in [1.54, 1.807) is 4.90 Å². The molecule has 4 nitrogen and oxygen atoms in total. The molecule has 0 atom stereocenters. The zero-order valence-electron chi connectivity index (χ0n) is 16.2. The van der Waals surface area contributed by atoms with Gasteiger partial charge in [0.1, 0.15) is 0 Å². The molecule has 5 heteroatoms. The number of Topliss-reactive ketones (excluding diaryl/α,β-unsaturated/α-hetero) is 1. The molecule has 0 aromatic heterocycles. The average molecular weight is 383 g/mol. The number of rotatable bonds is 6. The van der Waals surface area contributed by atoms with Crippen LogP contribution in [0.3, 0.4) is 0 Å². The van der Waals surface area contributed by atoms with Crippen molar-refractivity contribution in [1.82, 2.24) is 4.90 Å². The Kier molecular flexibility index (Phi) is 6.45. The number of unbranched alkanes of at least 4 members (excludes halogenated alkanes) is 1. The van der Waals surface area contributed by atoms with Crippen LogP contribution in [0.2, 0.25) is 0 Å². The monoisotopic (exact) mass is 383 g/mol. The maximum atomic E-state index is 13.2. The fraction of sp³-hybridized carbons (Fsp3) is 0.391. The Labute approximate surface area is 165 Å². The van der Waals surface area contributed by atoms with Crippen LogP contribution in [0.4, 0.5) is 4.39 Å². The van der Waals surface area contributed by atoms with Crippen LogP contribution in [0.25, 0.3) is 0 Å². The molecular weight excluding hydrogens is 357 g/mol. The van der Waals surface area contributed by atoms with Crippen LogP contribution in [0.15, 0.2) is 42.5 Å². The Balaban J connectivity index is 1.57. The standard InChI is InChI=1S/C23H26FNO3/c1-2-3-4-16-5-7-17(8-6-16)22(27)18-11-13-25(14-12-18)23(28)19-9-10-20(24)21(26)15-19/h5-10,15,18,26H,2-4,11-14H2,1H3.